The molecule has 3 heterocycles. The highest BCUT2D eigenvalue weighted by molar-refractivity contribution is 5.97. The van der Waals surface area contributed by atoms with Crippen molar-refractivity contribution >= 4 is 17.6 Å². The number of carbonyl (C=O) groups is 2. The average Bonchev–Trinajstić information content (AvgIpc) is 3.14. The summed E-state index contributed by atoms with van der Waals surface area (Å²) in [4.78, 5) is 28.6. The standard InChI is InChI=1S/C18H16N4O.C2HF3O2/c19-14-4-2-1-3-12(14)17-9-11(5-7-20-17)16-10-13-15(22-16)6-8-21-18(13)23;3-2(4,5)1(6)7/h1-5,7,9-10,22H,6,8,19H2,(H,21,23);(H,6,7). The van der Waals surface area contributed by atoms with Gasteiger partial charge in [-0.1, -0.05) is 18.2 Å². The number of alkyl halides is 3. The van der Waals surface area contributed by atoms with Gasteiger partial charge >= 0.3 is 12.1 Å². The molecule has 1 aliphatic rings. The first-order valence-corrected chi connectivity index (χ1v) is 8.78. The van der Waals surface area contributed by atoms with Crippen molar-refractivity contribution in [2.75, 3.05) is 12.3 Å². The van der Waals surface area contributed by atoms with Gasteiger partial charge in [-0.05, 0) is 24.3 Å². The number of carboxylic acids is 1. The van der Waals surface area contributed by atoms with Crippen LogP contribution in [0.3, 0.4) is 0 Å². The quantitative estimate of drug-likeness (QED) is 0.476. The molecule has 0 fully saturated rings. The van der Waals surface area contributed by atoms with Crippen molar-refractivity contribution in [2.24, 2.45) is 0 Å². The van der Waals surface area contributed by atoms with E-state index < -0.39 is 12.1 Å². The van der Waals surface area contributed by atoms with E-state index in [0.29, 0.717) is 12.2 Å². The molecule has 3 aromatic rings. The highest BCUT2D eigenvalue weighted by Gasteiger charge is 2.38. The van der Waals surface area contributed by atoms with E-state index >= 15 is 0 Å². The third kappa shape index (κ3) is 4.59. The van der Waals surface area contributed by atoms with E-state index in [9.17, 15) is 18.0 Å². The number of H-pyrrole nitrogens is 1. The minimum absolute atomic E-state index is 0.0182. The third-order valence-electron chi connectivity index (χ3n) is 4.35. The Morgan fingerprint density at radius 2 is 1.83 bits per heavy atom. The Morgan fingerprint density at radius 3 is 2.47 bits per heavy atom. The minimum Gasteiger partial charge on any atom is -0.475 e. The number of aromatic nitrogens is 2. The number of carbonyl (C=O) groups excluding carboxylic acids is 1. The Hall–Kier alpha value is -3.82. The first kappa shape index (κ1) is 20.9. The van der Waals surface area contributed by atoms with Crippen LogP contribution in [0.15, 0.2) is 48.7 Å². The number of aliphatic carboxylic acids is 1. The molecule has 4 rings (SSSR count). The molecule has 2 aromatic heterocycles. The molecule has 0 spiro atoms. The maximum Gasteiger partial charge on any atom is 0.490 e. The number of nitrogen functional groups attached to an aromatic ring is 1. The molecule has 0 saturated carbocycles. The second-order valence-corrected chi connectivity index (χ2v) is 6.40. The van der Waals surface area contributed by atoms with Gasteiger partial charge in [-0.2, -0.15) is 13.2 Å². The van der Waals surface area contributed by atoms with Crippen molar-refractivity contribution in [3.05, 3.63) is 59.9 Å². The predicted octanol–water partition coefficient (Wildman–Crippen LogP) is 3.25. The molecule has 7 nitrogen and oxygen atoms in total. The summed E-state index contributed by atoms with van der Waals surface area (Å²) in [6.45, 7) is 0.675. The largest absolute Gasteiger partial charge is 0.490 e. The van der Waals surface area contributed by atoms with Gasteiger partial charge in [0.15, 0.2) is 0 Å². The molecular weight excluding hydrogens is 401 g/mol. The van der Waals surface area contributed by atoms with Crippen LogP contribution in [-0.2, 0) is 11.2 Å². The van der Waals surface area contributed by atoms with Gasteiger partial charge in [0.05, 0.1) is 11.3 Å². The lowest BCUT2D eigenvalue weighted by Gasteiger charge is -2.11. The topological polar surface area (TPSA) is 121 Å². The Bertz CT molecular complexity index is 1090. The number of nitrogens with zero attached hydrogens (tertiary/aromatic N) is 1. The van der Waals surface area contributed by atoms with Crippen LogP contribution in [0.4, 0.5) is 18.9 Å². The van der Waals surface area contributed by atoms with Crippen LogP contribution < -0.4 is 11.1 Å². The molecule has 156 valence electrons. The predicted molar refractivity (Wildman–Crippen MR) is 104 cm³/mol. The van der Waals surface area contributed by atoms with E-state index in [-0.39, 0.29) is 5.91 Å². The fourth-order valence-corrected chi connectivity index (χ4v) is 2.92. The van der Waals surface area contributed by atoms with Crippen LogP contribution in [-0.4, -0.2) is 39.7 Å². The van der Waals surface area contributed by atoms with Gasteiger partial charge in [-0.15, -0.1) is 0 Å². The minimum atomic E-state index is -5.08. The van der Waals surface area contributed by atoms with Crippen LogP contribution in [0.1, 0.15) is 16.1 Å². The summed E-state index contributed by atoms with van der Waals surface area (Å²) in [5, 5.41) is 9.98. The fourth-order valence-electron chi connectivity index (χ4n) is 2.92. The number of fused-ring (bicyclic) bond motifs is 1. The molecule has 5 N–H and O–H groups in total. The van der Waals surface area contributed by atoms with Crippen molar-refractivity contribution < 1.29 is 27.9 Å². The molecule has 0 aliphatic carbocycles. The molecule has 1 aliphatic heterocycles. The Balaban J connectivity index is 0.000000318. The van der Waals surface area contributed by atoms with Crippen LogP contribution in [0, 0.1) is 0 Å². The highest BCUT2D eigenvalue weighted by Crippen LogP contribution is 2.29. The summed E-state index contributed by atoms with van der Waals surface area (Å²) >= 11 is 0. The number of para-hydroxylation sites is 1. The molecule has 0 bridgehead atoms. The highest BCUT2D eigenvalue weighted by atomic mass is 19.4. The normalized spacial score (nSPS) is 13.0. The van der Waals surface area contributed by atoms with E-state index in [4.69, 9.17) is 15.6 Å². The number of hydrogen-bond acceptors (Lipinski definition) is 4. The summed E-state index contributed by atoms with van der Waals surface area (Å²) in [6, 6.07) is 13.5. The number of rotatable bonds is 2. The van der Waals surface area contributed by atoms with Gasteiger partial charge in [0, 0.05) is 47.4 Å². The molecule has 30 heavy (non-hydrogen) atoms. The zero-order valence-electron chi connectivity index (χ0n) is 15.5. The van der Waals surface area contributed by atoms with Gasteiger partial charge in [0.2, 0.25) is 0 Å². The molecule has 1 aromatic carbocycles. The molecule has 1 amide bonds. The zero-order chi connectivity index (χ0) is 21.9. The maximum atomic E-state index is 11.9. The number of pyridine rings is 1. The van der Waals surface area contributed by atoms with Crippen molar-refractivity contribution in [1.29, 1.82) is 0 Å². The van der Waals surface area contributed by atoms with E-state index in [1.54, 1.807) is 6.20 Å². The number of benzene rings is 1. The Kier molecular flexibility index (Phi) is 5.77. The van der Waals surface area contributed by atoms with Gasteiger partial charge in [0.1, 0.15) is 0 Å². The zero-order valence-corrected chi connectivity index (χ0v) is 15.5. The second-order valence-electron chi connectivity index (χ2n) is 6.40. The molecular formula is C20H17F3N4O3. The number of anilines is 1. The van der Waals surface area contributed by atoms with Crippen molar-refractivity contribution in [1.82, 2.24) is 15.3 Å². The molecule has 0 atom stereocenters. The smallest absolute Gasteiger partial charge is 0.475 e. The number of amides is 1. The van der Waals surface area contributed by atoms with Crippen molar-refractivity contribution in [2.45, 2.75) is 12.6 Å². The summed E-state index contributed by atoms with van der Waals surface area (Å²) in [5.74, 6) is -2.78. The third-order valence-corrected chi connectivity index (χ3v) is 4.35. The fraction of sp³-hybridized carbons (Fsp3) is 0.150. The number of nitrogens with one attached hydrogen (secondary N) is 2. The SMILES string of the molecule is Nc1ccccc1-c1cc(-c2cc3c([nH]2)CCNC3=O)ccn1.O=C(O)C(F)(F)F. The number of carboxylic acid groups (broad SMARTS) is 1. The maximum absolute atomic E-state index is 11.9. The van der Waals surface area contributed by atoms with Crippen LogP contribution >= 0.6 is 0 Å². The van der Waals surface area contributed by atoms with Crippen LogP contribution in [0.5, 0.6) is 0 Å². The lowest BCUT2D eigenvalue weighted by molar-refractivity contribution is -0.192. The van der Waals surface area contributed by atoms with E-state index in [1.165, 1.54) is 0 Å². The monoisotopic (exact) mass is 418 g/mol. The lowest BCUT2D eigenvalue weighted by atomic mass is 10.1. The van der Waals surface area contributed by atoms with Crippen molar-refractivity contribution in [3.8, 4) is 22.5 Å². The summed E-state index contributed by atoms with van der Waals surface area (Å²) < 4.78 is 31.7. The summed E-state index contributed by atoms with van der Waals surface area (Å²) in [5.41, 5.74) is 12.1. The van der Waals surface area contributed by atoms with E-state index in [0.717, 1.165) is 40.2 Å². The summed E-state index contributed by atoms with van der Waals surface area (Å²) in [7, 11) is 0. The number of hydrogen-bond donors (Lipinski definition) is 4. The van der Waals surface area contributed by atoms with Gasteiger partial charge in [0.25, 0.3) is 5.91 Å². The summed E-state index contributed by atoms with van der Waals surface area (Å²) in [6.07, 6.45) is -2.50. The van der Waals surface area contributed by atoms with Gasteiger partial charge in [-0.25, -0.2) is 4.79 Å². The Morgan fingerprint density at radius 1 is 1.13 bits per heavy atom. The first-order chi connectivity index (χ1) is 14.2. The molecule has 0 radical (unpaired) electrons. The van der Waals surface area contributed by atoms with Gasteiger partial charge in [-0.3, -0.25) is 9.78 Å². The number of aromatic amines is 1. The van der Waals surface area contributed by atoms with E-state index in [2.05, 4.69) is 15.3 Å². The number of nitrogens with two attached hydrogens (primary N) is 1. The second kappa shape index (κ2) is 8.27. The van der Waals surface area contributed by atoms with Crippen LogP contribution in [0.2, 0.25) is 0 Å². The average molecular weight is 418 g/mol. The molecule has 0 saturated heterocycles. The van der Waals surface area contributed by atoms with E-state index in [1.807, 2.05) is 42.5 Å². The van der Waals surface area contributed by atoms with Gasteiger partial charge < -0.3 is 21.1 Å². The number of halogens is 3. The first-order valence-electron chi connectivity index (χ1n) is 8.78. The Labute approximate surface area is 168 Å². The molecule has 10 heteroatoms. The lowest BCUT2D eigenvalue weighted by Crippen LogP contribution is -2.31. The van der Waals surface area contributed by atoms with Crippen molar-refractivity contribution in [3.63, 3.8) is 0 Å². The van der Waals surface area contributed by atoms with Crippen LogP contribution in [0.25, 0.3) is 22.5 Å². The molecule has 0 unspecified atom stereocenters.